The summed E-state index contributed by atoms with van der Waals surface area (Å²) in [7, 11) is -0.593. The van der Waals surface area contributed by atoms with E-state index in [0.717, 1.165) is 11.0 Å². The van der Waals surface area contributed by atoms with E-state index in [1.54, 1.807) is 18.2 Å². The van der Waals surface area contributed by atoms with Crippen molar-refractivity contribution >= 4 is 24.2 Å². The Hall–Kier alpha value is -1.56. The third-order valence-electron chi connectivity index (χ3n) is 6.45. The molecule has 3 nitrogen and oxygen atoms in total. The van der Waals surface area contributed by atoms with Gasteiger partial charge in [-0.05, 0) is 57.9 Å². The smallest absolute Gasteiger partial charge is 0.482 e. The minimum atomic E-state index is -0.767. The lowest BCUT2D eigenvalue weighted by atomic mass is 9.73. The molecular formula is C22H25BClFO3. The van der Waals surface area contributed by atoms with Crippen LogP contribution in [0.4, 0.5) is 4.39 Å². The van der Waals surface area contributed by atoms with Crippen molar-refractivity contribution in [2.75, 3.05) is 0 Å². The standard InChI is InChI=1S/C22H25BClFO3/c1-6-22(15-9-7-8-10-17(15)25)13-14-18(26-22)12-11-16(24)19(14)23-27-20(2,3)21(4,5)28-23/h7-12H,6,13H2,1-5H3/t22-/m0/s1. The highest BCUT2D eigenvalue weighted by Gasteiger charge is 2.54. The van der Waals surface area contributed by atoms with Crippen LogP contribution in [-0.2, 0) is 21.3 Å². The molecule has 2 aromatic carbocycles. The number of rotatable bonds is 3. The fourth-order valence-corrected chi connectivity index (χ4v) is 4.28. The van der Waals surface area contributed by atoms with Gasteiger partial charge in [0.05, 0.1) is 11.2 Å². The predicted molar refractivity (Wildman–Crippen MR) is 110 cm³/mol. The summed E-state index contributed by atoms with van der Waals surface area (Å²) in [6, 6.07) is 10.4. The lowest BCUT2D eigenvalue weighted by Crippen LogP contribution is -2.41. The zero-order chi connectivity index (χ0) is 20.3. The summed E-state index contributed by atoms with van der Waals surface area (Å²) in [6.07, 6.45) is 1.14. The van der Waals surface area contributed by atoms with Crippen molar-refractivity contribution in [3.63, 3.8) is 0 Å². The molecule has 2 aliphatic rings. The van der Waals surface area contributed by atoms with E-state index in [0.29, 0.717) is 29.2 Å². The second-order valence-corrected chi connectivity index (χ2v) is 9.04. The van der Waals surface area contributed by atoms with Gasteiger partial charge in [-0.25, -0.2) is 4.39 Å². The van der Waals surface area contributed by atoms with Crippen LogP contribution in [0.15, 0.2) is 36.4 Å². The van der Waals surface area contributed by atoms with Gasteiger partial charge in [-0.15, -0.1) is 0 Å². The number of fused-ring (bicyclic) bond motifs is 1. The van der Waals surface area contributed by atoms with Crippen LogP contribution >= 0.6 is 11.6 Å². The maximum Gasteiger partial charge on any atom is 0.496 e. The zero-order valence-electron chi connectivity index (χ0n) is 16.9. The largest absolute Gasteiger partial charge is 0.496 e. The number of benzene rings is 2. The summed E-state index contributed by atoms with van der Waals surface area (Å²) in [6.45, 7) is 10.0. The Morgan fingerprint density at radius 1 is 1.04 bits per heavy atom. The Morgan fingerprint density at radius 3 is 2.29 bits per heavy atom. The fourth-order valence-electron chi connectivity index (χ4n) is 4.01. The molecule has 0 spiro atoms. The quantitative estimate of drug-likeness (QED) is 0.675. The average molecular weight is 403 g/mol. The van der Waals surface area contributed by atoms with Gasteiger partial charge in [-0.2, -0.15) is 0 Å². The van der Waals surface area contributed by atoms with Gasteiger partial charge in [0.1, 0.15) is 17.2 Å². The number of hydrogen-bond acceptors (Lipinski definition) is 3. The minimum Gasteiger partial charge on any atom is -0.482 e. The third-order valence-corrected chi connectivity index (χ3v) is 6.78. The summed E-state index contributed by atoms with van der Waals surface area (Å²) in [5, 5.41) is 0.571. The van der Waals surface area contributed by atoms with Crippen molar-refractivity contribution in [1.29, 1.82) is 0 Å². The molecule has 0 unspecified atom stereocenters. The minimum absolute atomic E-state index is 0.263. The average Bonchev–Trinajstić information content (AvgIpc) is 3.10. The summed E-state index contributed by atoms with van der Waals surface area (Å²) in [5.74, 6) is 0.444. The molecule has 28 heavy (non-hydrogen) atoms. The van der Waals surface area contributed by atoms with Crippen molar-refractivity contribution in [2.45, 2.75) is 64.3 Å². The molecule has 2 aromatic rings. The molecule has 2 heterocycles. The molecule has 0 amide bonds. The SMILES string of the molecule is CC[C@@]1(c2ccccc2F)Cc2c(ccc(Cl)c2B2OC(C)(C)C(C)(C)O2)O1. The molecular weight excluding hydrogens is 378 g/mol. The monoisotopic (exact) mass is 402 g/mol. The van der Waals surface area contributed by atoms with Crippen LogP contribution in [-0.4, -0.2) is 18.3 Å². The van der Waals surface area contributed by atoms with E-state index in [9.17, 15) is 4.39 Å². The van der Waals surface area contributed by atoms with Gasteiger partial charge in [0, 0.05) is 22.5 Å². The Bertz CT molecular complexity index is 914. The second kappa shape index (κ2) is 6.48. The second-order valence-electron chi connectivity index (χ2n) is 8.63. The molecule has 148 valence electrons. The number of halogens is 2. The molecule has 0 aliphatic carbocycles. The Morgan fingerprint density at radius 2 is 1.68 bits per heavy atom. The van der Waals surface area contributed by atoms with E-state index >= 15 is 0 Å². The molecule has 0 radical (unpaired) electrons. The first-order valence-electron chi connectivity index (χ1n) is 9.71. The van der Waals surface area contributed by atoms with Gasteiger partial charge in [0.2, 0.25) is 0 Å². The zero-order valence-corrected chi connectivity index (χ0v) is 17.7. The van der Waals surface area contributed by atoms with Gasteiger partial charge < -0.3 is 14.0 Å². The summed E-state index contributed by atoms with van der Waals surface area (Å²) >= 11 is 6.60. The lowest BCUT2D eigenvalue weighted by Gasteiger charge is -2.32. The van der Waals surface area contributed by atoms with Crippen molar-refractivity contribution in [2.24, 2.45) is 0 Å². The first-order valence-corrected chi connectivity index (χ1v) is 10.1. The normalized spacial score (nSPS) is 24.9. The van der Waals surface area contributed by atoms with Crippen LogP contribution < -0.4 is 10.2 Å². The molecule has 0 aromatic heterocycles. The molecule has 1 saturated heterocycles. The first-order chi connectivity index (χ1) is 13.1. The van der Waals surface area contributed by atoms with E-state index in [-0.39, 0.29) is 5.82 Å². The van der Waals surface area contributed by atoms with Crippen molar-refractivity contribution in [3.05, 3.63) is 58.4 Å². The van der Waals surface area contributed by atoms with Crippen LogP contribution in [0.3, 0.4) is 0 Å². The Labute approximate surface area is 171 Å². The Balaban J connectivity index is 1.79. The van der Waals surface area contributed by atoms with E-state index in [4.69, 9.17) is 25.6 Å². The molecule has 1 atom stereocenters. The molecule has 6 heteroatoms. The van der Waals surface area contributed by atoms with Crippen molar-refractivity contribution < 1.29 is 18.4 Å². The van der Waals surface area contributed by atoms with Crippen LogP contribution in [0.25, 0.3) is 0 Å². The molecule has 0 saturated carbocycles. The maximum absolute atomic E-state index is 14.6. The van der Waals surface area contributed by atoms with E-state index in [1.807, 2.05) is 46.8 Å². The highest BCUT2D eigenvalue weighted by atomic mass is 35.5. The predicted octanol–water partition coefficient (Wildman–Crippen LogP) is 5.02. The molecule has 1 fully saturated rings. The summed E-state index contributed by atoms with van der Waals surface area (Å²) in [4.78, 5) is 0. The third kappa shape index (κ3) is 2.87. The summed E-state index contributed by atoms with van der Waals surface area (Å²) in [5.41, 5.74) is 0.550. The molecule has 0 bridgehead atoms. The summed E-state index contributed by atoms with van der Waals surface area (Å²) < 4.78 is 33.5. The van der Waals surface area contributed by atoms with Crippen LogP contribution in [0.2, 0.25) is 5.02 Å². The highest BCUT2D eigenvalue weighted by Crippen LogP contribution is 2.46. The topological polar surface area (TPSA) is 27.7 Å². The van der Waals surface area contributed by atoms with Gasteiger partial charge in [-0.1, -0.05) is 36.7 Å². The molecule has 4 rings (SSSR count). The van der Waals surface area contributed by atoms with Crippen LogP contribution in [0.1, 0.15) is 52.2 Å². The van der Waals surface area contributed by atoms with Crippen molar-refractivity contribution in [3.8, 4) is 5.75 Å². The number of ether oxygens (including phenoxy) is 1. The molecule has 0 N–H and O–H groups in total. The molecule has 2 aliphatic heterocycles. The maximum atomic E-state index is 14.6. The van der Waals surface area contributed by atoms with Gasteiger partial charge >= 0.3 is 7.12 Å². The number of hydrogen-bond donors (Lipinski definition) is 0. The Kier molecular flexibility index (Phi) is 4.57. The van der Waals surface area contributed by atoms with E-state index in [2.05, 4.69) is 0 Å². The first kappa shape index (κ1) is 19.7. The van der Waals surface area contributed by atoms with Gasteiger partial charge in [0.25, 0.3) is 0 Å². The van der Waals surface area contributed by atoms with E-state index < -0.39 is 23.9 Å². The van der Waals surface area contributed by atoms with Crippen LogP contribution in [0.5, 0.6) is 5.75 Å². The lowest BCUT2D eigenvalue weighted by molar-refractivity contribution is 0.00578. The van der Waals surface area contributed by atoms with Crippen molar-refractivity contribution in [1.82, 2.24) is 0 Å². The van der Waals surface area contributed by atoms with Gasteiger partial charge in [-0.3, -0.25) is 0 Å². The highest BCUT2D eigenvalue weighted by molar-refractivity contribution is 6.66. The van der Waals surface area contributed by atoms with Gasteiger partial charge in [0.15, 0.2) is 0 Å². The van der Waals surface area contributed by atoms with Crippen LogP contribution in [0, 0.1) is 5.82 Å². The fraction of sp³-hybridized carbons (Fsp3) is 0.455. The van der Waals surface area contributed by atoms with E-state index in [1.165, 1.54) is 6.07 Å².